The van der Waals surface area contributed by atoms with E-state index < -0.39 is 0 Å². The Kier molecular flexibility index (Phi) is 5.27. The maximum absolute atomic E-state index is 12.7. The Bertz CT molecular complexity index is 1380. The van der Waals surface area contributed by atoms with Gasteiger partial charge in [0.15, 0.2) is 5.76 Å². The quantitative estimate of drug-likeness (QED) is 0.333. The number of halogens is 1. The molecule has 32 heavy (non-hydrogen) atoms. The Morgan fingerprint density at radius 3 is 2.19 bits per heavy atom. The van der Waals surface area contributed by atoms with Crippen LogP contribution in [-0.4, -0.2) is 16.1 Å². The third kappa shape index (κ3) is 4.17. The summed E-state index contributed by atoms with van der Waals surface area (Å²) in [6, 6.07) is 26.5. The molecule has 2 heterocycles. The summed E-state index contributed by atoms with van der Waals surface area (Å²) < 4.78 is 10.7. The average molecular weight is 442 g/mol. The molecule has 7 heteroatoms. The molecule has 0 spiro atoms. The molecule has 0 aliphatic carbocycles. The van der Waals surface area contributed by atoms with Gasteiger partial charge < -0.3 is 8.83 Å². The maximum atomic E-state index is 12.7. The van der Waals surface area contributed by atoms with Gasteiger partial charge in [-0.25, -0.2) is 0 Å². The summed E-state index contributed by atoms with van der Waals surface area (Å²) in [5.41, 5.74) is 4.49. The van der Waals surface area contributed by atoms with Gasteiger partial charge in [0, 0.05) is 10.6 Å². The number of furan rings is 1. The number of carbonyl (C=O) groups excluding carboxylic acids is 1. The van der Waals surface area contributed by atoms with Crippen molar-refractivity contribution in [1.82, 2.24) is 10.2 Å². The van der Waals surface area contributed by atoms with Gasteiger partial charge in [-0.1, -0.05) is 65.2 Å². The van der Waals surface area contributed by atoms with Crippen LogP contribution in [0, 0.1) is 0 Å². The average Bonchev–Trinajstić information content (AvgIpc) is 3.51. The zero-order chi connectivity index (χ0) is 21.9. The number of aromatic nitrogens is 2. The zero-order valence-corrected chi connectivity index (χ0v) is 17.4. The lowest BCUT2D eigenvalue weighted by Gasteiger charge is -2.07. The van der Waals surface area contributed by atoms with Gasteiger partial charge in [-0.15, -0.1) is 5.10 Å². The molecule has 6 nitrogen and oxygen atoms in total. The van der Waals surface area contributed by atoms with Crippen molar-refractivity contribution >= 4 is 23.5 Å². The summed E-state index contributed by atoms with van der Waals surface area (Å²) in [6.45, 7) is 0. The van der Waals surface area contributed by atoms with E-state index in [9.17, 15) is 4.79 Å². The Hall–Kier alpha value is -4.16. The maximum Gasteiger partial charge on any atom is 0.322 e. The van der Waals surface area contributed by atoms with E-state index >= 15 is 0 Å². The van der Waals surface area contributed by atoms with Crippen LogP contribution in [0.5, 0.6) is 0 Å². The van der Waals surface area contributed by atoms with E-state index in [4.69, 9.17) is 20.4 Å². The standard InChI is InChI=1S/C25H16ClN3O3/c26-21-7-2-5-19(15-21)17-11-9-16(10-12-17)18-4-1-6-20(14-18)23(30)27-25-29-28-24(32-25)22-8-3-13-31-22/h1-15H,(H,27,29,30). The van der Waals surface area contributed by atoms with E-state index in [-0.39, 0.29) is 17.8 Å². The Labute approximate surface area is 188 Å². The highest BCUT2D eigenvalue weighted by Crippen LogP contribution is 2.27. The summed E-state index contributed by atoms with van der Waals surface area (Å²) in [5, 5.41) is 11.0. The first-order valence-electron chi connectivity index (χ1n) is 9.81. The van der Waals surface area contributed by atoms with E-state index in [0.29, 0.717) is 16.3 Å². The highest BCUT2D eigenvalue weighted by molar-refractivity contribution is 6.30. The van der Waals surface area contributed by atoms with Gasteiger partial charge in [-0.2, -0.15) is 0 Å². The van der Waals surface area contributed by atoms with Gasteiger partial charge >= 0.3 is 6.01 Å². The van der Waals surface area contributed by atoms with Gasteiger partial charge in [0.2, 0.25) is 0 Å². The Balaban J connectivity index is 1.33. The first-order valence-corrected chi connectivity index (χ1v) is 10.2. The van der Waals surface area contributed by atoms with Crippen molar-refractivity contribution in [1.29, 1.82) is 0 Å². The number of rotatable bonds is 5. The van der Waals surface area contributed by atoms with E-state index in [2.05, 4.69) is 15.5 Å². The lowest BCUT2D eigenvalue weighted by atomic mass is 9.99. The predicted octanol–water partition coefficient (Wildman–Crippen LogP) is 6.57. The lowest BCUT2D eigenvalue weighted by molar-refractivity contribution is 0.102. The molecule has 0 aliphatic rings. The molecule has 0 aliphatic heterocycles. The molecule has 0 atom stereocenters. The Morgan fingerprint density at radius 2 is 1.50 bits per heavy atom. The molecule has 0 saturated heterocycles. The van der Waals surface area contributed by atoms with Crippen LogP contribution in [0.2, 0.25) is 5.02 Å². The highest BCUT2D eigenvalue weighted by Gasteiger charge is 2.14. The molecule has 1 N–H and O–H groups in total. The fraction of sp³-hybridized carbons (Fsp3) is 0. The van der Waals surface area contributed by atoms with Crippen molar-refractivity contribution < 1.29 is 13.6 Å². The van der Waals surface area contributed by atoms with Crippen molar-refractivity contribution in [2.75, 3.05) is 5.32 Å². The molecule has 3 aromatic carbocycles. The van der Waals surface area contributed by atoms with Crippen LogP contribution in [0.15, 0.2) is 100 Å². The van der Waals surface area contributed by atoms with Crippen LogP contribution in [0.4, 0.5) is 6.01 Å². The first-order chi connectivity index (χ1) is 15.7. The van der Waals surface area contributed by atoms with Crippen LogP contribution in [-0.2, 0) is 0 Å². The van der Waals surface area contributed by atoms with E-state index in [1.54, 1.807) is 18.2 Å². The topological polar surface area (TPSA) is 81.2 Å². The molecule has 5 rings (SSSR count). The third-order valence-corrected chi connectivity index (χ3v) is 5.11. The van der Waals surface area contributed by atoms with Crippen LogP contribution < -0.4 is 5.32 Å². The minimum absolute atomic E-state index is 0.00215. The second-order valence-corrected chi connectivity index (χ2v) is 7.45. The molecule has 0 saturated carbocycles. The number of hydrogen-bond donors (Lipinski definition) is 1. The Morgan fingerprint density at radius 1 is 0.781 bits per heavy atom. The minimum Gasteiger partial charge on any atom is -0.459 e. The minimum atomic E-state index is -0.350. The number of nitrogens with zero attached hydrogens (tertiary/aromatic N) is 2. The normalized spacial score (nSPS) is 10.8. The first kappa shape index (κ1) is 19.8. The van der Waals surface area contributed by atoms with Crippen molar-refractivity contribution in [2.45, 2.75) is 0 Å². The highest BCUT2D eigenvalue weighted by atomic mass is 35.5. The smallest absolute Gasteiger partial charge is 0.322 e. The molecule has 1 amide bonds. The lowest BCUT2D eigenvalue weighted by Crippen LogP contribution is -2.12. The van der Waals surface area contributed by atoms with Crippen LogP contribution in [0.1, 0.15) is 10.4 Å². The number of nitrogens with one attached hydrogen (secondary N) is 1. The third-order valence-electron chi connectivity index (χ3n) is 4.88. The summed E-state index contributed by atoms with van der Waals surface area (Å²) in [5.74, 6) is 0.275. The predicted molar refractivity (Wildman–Crippen MR) is 122 cm³/mol. The van der Waals surface area contributed by atoms with Crippen LogP contribution in [0.25, 0.3) is 33.9 Å². The summed E-state index contributed by atoms with van der Waals surface area (Å²) in [4.78, 5) is 12.7. The van der Waals surface area contributed by atoms with Crippen LogP contribution in [0.3, 0.4) is 0 Å². The number of carbonyl (C=O) groups is 1. The summed E-state index contributed by atoms with van der Waals surface area (Å²) in [6.07, 6.45) is 1.50. The SMILES string of the molecule is O=C(Nc1nnc(-c2ccco2)o1)c1cccc(-c2ccc(-c3cccc(Cl)c3)cc2)c1. The number of anilines is 1. The molecule has 0 fully saturated rings. The number of amides is 1. The van der Waals surface area contributed by atoms with Crippen LogP contribution >= 0.6 is 11.6 Å². The van der Waals surface area contributed by atoms with E-state index in [1.807, 2.05) is 66.7 Å². The largest absolute Gasteiger partial charge is 0.459 e. The monoisotopic (exact) mass is 441 g/mol. The molecule has 0 bridgehead atoms. The zero-order valence-electron chi connectivity index (χ0n) is 16.7. The van der Waals surface area contributed by atoms with Gasteiger partial charge in [0.25, 0.3) is 11.8 Å². The second-order valence-electron chi connectivity index (χ2n) is 7.01. The fourth-order valence-electron chi connectivity index (χ4n) is 3.31. The molecule has 2 aromatic heterocycles. The van der Waals surface area contributed by atoms with E-state index in [1.165, 1.54) is 6.26 Å². The van der Waals surface area contributed by atoms with Gasteiger partial charge in [0.1, 0.15) is 0 Å². The van der Waals surface area contributed by atoms with Crippen molar-refractivity contribution in [2.24, 2.45) is 0 Å². The molecular weight excluding hydrogens is 426 g/mol. The fourth-order valence-corrected chi connectivity index (χ4v) is 3.50. The molecule has 0 unspecified atom stereocenters. The second kappa shape index (κ2) is 8.53. The van der Waals surface area contributed by atoms with Gasteiger partial charge in [-0.05, 0) is 58.7 Å². The van der Waals surface area contributed by atoms with Crippen molar-refractivity contribution in [3.63, 3.8) is 0 Å². The van der Waals surface area contributed by atoms with Crippen molar-refractivity contribution in [3.05, 3.63) is 102 Å². The van der Waals surface area contributed by atoms with E-state index in [0.717, 1.165) is 22.3 Å². The van der Waals surface area contributed by atoms with Crippen molar-refractivity contribution in [3.8, 4) is 33.9 Å². The van der Waals surface area contributed by atoms with Gasteiger partial charge in [-0.3, -0.25) is 10.1 Å². The molecule has 0 radical (unpaired) electrons. The summed E-state index contributed by atoms with van der Waals surface area (Å²) in [7, 11) is 0. The number of benzene rings is 3. The molecular formula is C25H16ClN3O3. The molecule has 156 valence electrons. The summed E-state index contributed by atoms with van der Waals surface area (Å²) >= 11 is 6.10. The number of hydrogen-bond acceptors (Lipinski definition) is 5. The van der Waals surface area contributed by atoms with Gasteiger partial charge in [0.05, 0.1) is 6.26 Å². The molecule has 5 aromatic rings.